The number of nitrogens with zero attached hydrogens (tertiary/aromatic N) is 3. The number of pyridine rings is 3. The van der Waals surface area contributed by atoms with Crippen molar-refractivity contribution in [2.24, 2.45) is 0 Å². The first-order chi connectivity index (χ1) is 10.3. The van der Waals surface area contributed by atoms with Gasteiger partial charge in [0.2, 0.25) is 5.56 Å². The molecule has 0 bridgehead atoms. The average molecular weight is 276 g/mol. The third kappa shape index (κ3) is 4.40. The molecule has 3 aromatic heterocycles. The summed E-state index contributed by atoms with van der Waals surface area (Å²) in [7, 11) is 0. The molecule has 0 fully saturated rings. The maximum atomic E-state index is 10.2. The standard InChI is InChI=1S/C11H7N3.C5H5NO/c12-6-9-5-11(8-14-7-9)10-1-3-13-4-2-10;7-5-3-1-2-4-6-5/h1-5,7-8H;1-4H,(H,6,7). The lowest BCUT2D eigenvalue weighted by molar-refractivity contribution is 1.24. The molecule has 5 nitrogen and oxygen atoms in total. The Hall–Kier alpha value is -3.26. The third-order valence-electron chi connectivity index (χ3n) is 2.56. The molecule has 0 saturated heterocycles. The molecule has 0 spiro atoms. The van der Waals surface area contributed by atoms with Crippen LogP contribution in [0.4, 0.5) is 0 Å². The van der Waals surface area contributed by atoms with Crippen LogP contribution in [0.25, 0.3) is 11.1 Å². The summed E-state index contributed by atoms with van der Waals surface area (Å²) in [5, 5.41) is 8.71. The zero-order valence-electron chi connectivity index (χ0n) is 11.1. The lowest BCUT2D eigenvalue weighted by atomic mass is 10.1. The van der Waals surface area contributed by atoms with Crippen LogP contribution in [0.1, 0.15) is 5.56 Å². The Morgan fingerprint density at radius 2 is 1.81 bits per heavy atom. The molecule has 0 saturated carbocycles. The number of aromatic amines is 1. The van der Waals surface area contributed by atoms with E-state index in [-0.39, 0.29) is 5.56 Å². The number of nitrogens with one attached hydrogen (secondary N) is 1. The quantitative estimate of drug-likeness (QED) is 0.739. The molecular formula is C16H12N4O. The molecular weight excluding hydrogens is 264 g/mol. The molecule has 1 N–H and O–H groups in total. The van der Waals surface area contributed by atoms with Crippen molar-refractivity contribution in [2.75, 3.05) is 0 Å². The van der Waals surface area contributed by atoms with Gasteiger partial charge in [-0.25, -0.2) is 0 Å². The van der Waals surface area contributed by atoms with Crippen molar-refractivity contribution in [3.63, 3.8) is 0 Å². The van der Waals surface area contributed by atoms with Gasteiger partial charge in [-0.1, -0.05) is 6.07 Å². The predicted molar refractivity (Wildman–Crippen MR) is 79.2 cm³/mol. The molecule has 3 heterocycles. The maximum absolute atomic E-state index is 10.2. The number of rotatable bonds is 1. The van der Waals surface area contributed by atoms with Crippen LogP contribution in [0.5, 0.6) is 0 Å². The van der Waals surface area contributed by atoms with Crippen LogP contribution in [0.3, 0.4) is 0 Å². The van der Waals surface area contributed by atoms with E-state index in [4.69, 9.17) is 5.26 Å². The maximum Gasteiger partial charge on any atom is 0.247 e. The number of hydrogen-bond acceptors (Lipinski definition) is 4. The van der Waals surface area contributed by atoms with Gasteiger partial charge in [0.1, 0.15) is 6.07 Å². The molecule has 0 aliphatic heterocycles. The van der Waals surface area contributed by atoms with Gasteiger partial charge in [0.15, 0.2) is 0 Å². The molecule has 0 aliphatic rings. The Morgan fingerprint density at radius 3 is 2.38 bits per heavy atom. The van der Waals surface area contributed by atoms with E-state index >= 15 is 0 Å². The van der Waals surface area contributed by atoms with Gasteiger partial charge >= 0.3 is 0 Å². The largest absolute Gasteiger partial charge is 0.329 e. The minimum Gasteiger partial charge on any atom is -0.329 e. The Kier molecular flexibility index (Phi) is 4.96. The van der Waals surface area contributed by atoms with Crippen LogP contribution in [0.15, 0.2) is 72.2 Å². The topological polar surface area (TPSA) is 82.4 Å². The smallest absolute Gasteiger partial charge is 0.247 e. The van der Waals surface area contributed by atoms with Crippen LogP contribution >= 0.6 is 0 Å². The molecule has 0 atom stereocenters. The summed E-state index contributed by atoms with van der Waals surface area (Å²) in [6, 6.07) is 12.6. The average Bonchev–Trinajstić information content (AvgIpc) is 2.57. The molecule has 0 aliphatic carbocycles. The van der Waals surface area contributed by atoms with Crippen molar-refractivity contribution >= 4 is 0 Å². The van der Waals surface area contributed by atoms with Crippen LogP contribution in [0.2, 0.25) is 0 Å². The summed E-state index contributed by atoms with van der Waals surface area (Å²) in [5.41, 5.74) is 2.47. The lowest BCUT2D eigenvalue weighted by Crippen LogP contribution is -1.98. The van der Waals surface area contributed by atoms with Crippen LogP contribution in [-0.4, -0.2) is 15.0 Å². The van der Waals surface area contributed by atoms with Crippen molar-refractivity contribution in [2.45, 2.75) is 0 Å². The van der Waals surface area contributed by atoms with E-state index in [1.165, 1.54) is 6.07 Å². The van der Waals surface area contributed by atoms with Gasteiger partial charge in [-0.2, -0.15) is 5.26 Å². The Labute approximate surface area is 121 Å². The molecule has 0 aromatic carbocycles. The zero-order chi connectivity index (χ0) is 14.9. The van der Waals surface area contributed by atoms with Gasteiger partial charge in [0.05, 0.1) is 5.56 Å². The minimum atomic E-state index is -0.0532. The van der Waals surface area contributed by atoms with Crippen molar-refractivity contribution < 1.29 is 0 Å². The van der Waals surface area contributed by atoms with Crippen molar-refractivity contribution in [3.8, 4) is 17.2 Å². The van der Waals surface area contributed by atoms with Crippen LogP contribution < -0.4 is 5.56 Å². The van der Waals surface area contributed by atoms with Gasteiger partial charge < -0.3 is 4.98 Å². The fourth-order valence-corrected chi connectivity index (χ4v) is 1.58. The summed E-state index contributed by atoms with van der Waals surface area (Å²) in [6.07, 6.45) is 8.31. The molecule has 3 aromatic rings. The first-order valence-corrected chi connectivity index (χ1v) is 6.19. The summed E-state index contributed by atoms with van der Waals surface area (Å²) in [5.74, 6) is 0. The molecule has 3 rings (SSSR count). The molecule has 0 radical (unpaired) electrons. The normalized spacial score (nSPS) is 9.10. The van der Waals surface area contributed by atoms with Crippen LogP contribution in [0, 0.1) is 11.3 Å². The summed E-state index contributed by atoms with van der Waals surface area (Å²) in [6.45, 7) is 0. The Morgan fingerprint density at radius 1 is 1.00 bits per heavy atom. The molecule has 21 heavy (non-hydrogen) atoms. The fourth-order valence-electron chi connectivity index (χ4n) is 1.58. The highest BCUT2D eigenvalue weighted by molar-refractivity contribution is 5.63. The van der Waals surface area contributed by atoms with E-state index in [2.05, 4.69) is 21.0 Å². The molecule has 0 unspecified atom stereocenters. The van der Waals surface area contributed by atoms with E-state index in [0.717, 1.165) is 11.1 Å². The highest BCUT2D eigenvalue weighted by atomic mass is 16.1. The SMILES string of the molecule is N#Cc1cncc(-c2ccncc2)c1.O=c1cccc[nH]1. The lowest BCUT2D eigenvalue weighted by Gasteiger charge is -1.99. The van der Waals surface area contributed by atoms with Crippen molar-refractivity contribution in [1.82, 2.24) is 15.0 Å². The van der Waals surface area contributed by atoms with Gasteiger partial charge in [0.25, 0.3) is 0 Å². The highest BCUT2D eigenvalue weighted by Gasteiger charge is 1.98. The zero-order valence-corrected chi connectivity index (χ0v) is 11.1. The summed E-state index contributed by atoms with van der Waals surface area (Å²) < 4.78 is 0. The van der Waals surface area contributed by atoms with Gasteiger partial charge in [-0.15, -0.1) is 0 Å². The number of H-pyrrole nitrogens is 1. The van der Waals surface area contributed by atoms with E-state index in [1.54, 1.807) is 43.1 Å². The number of hydrogen-bond donors (Lipinski definition) is 1. The number of nitriles is 1. The fraction of sp³-hybridized carbons (Fsp3) is 0. The van der Waals surface area contributed by atoms with E-state index < -0.39 is 0 Å². The van der Waals surface area contributed by atoms with E-state index in [0.29, 0.717) is 5.56 Å². The van der Waals surface area contributed by atoms with E-state index in [9.17, 15) is 4.79 Å². The van der Waals surface area contributed by atoms with Crippen LogP contribution in [-0.2, 0) is 0 Å². The monoisotopic (exact) mass is 276 g/mol. The molecule has 5 heteroatoms. The Bertz CT molecular complexity index is 773. The number of aromatic nitrogens is 3. The second kappa shape index (κ2) is 7.36. The third-order valence-corrected chi connectivity index (χ3v) is 2.56. The van der Waals surface area contributed by atoms with Gasteiger partial charge in [-0.3, -0.25) is 14.8 Å². The molecule has 0 amide bonds. The van der Waals surface area contributed by atoms with Gasteiger partial charge in [-0.05, 0) is 29.8 Å². The second-order valence-electron chi connectivity index (χ2n) is 4.04. The van der Waals surface area contributed by atoms with Crippen molar-refractivity contribution in [1.29, 1.82) is 5.26 Å². The Balaban J connectivity index is 0.000000194. The second-order valence-corrected chi connectivity index (χ2v) is 4.04. The predicted octanol–water partition coefficient (Wildman–Crippen LogP) is 2.39. The van der Waals surface area contributed by atoms with Crippen molar-refractivity contribution in [3.05, 3.63) is 83.3 Å². The van der Waals surface area contributed by atoms with Gasteiger partial charge in [0, 0.05) is 42.6 Å². The minimum absolute atomic E-state index is 0.0532. The highest BCUT2D eigenvalue weighted by Crippen LogP contribution is 2.17. The first kappa shape index (κ1) is 14.2. The van der Waals surface area contributed by atoms with E-state index in [1.807, 2.05) is 18.2 Å². The summed E-state index contributed by atoms with van der Waals surface area (Å²) >= 11 is 0. The molecule has 102 valence electrons. The summed E-state index contributed by atoms with van der Waals surface area (Å²) in [4.78, 5) is 20.6. The first-order valence-electron chi connectivity index (χ1n) is 6.19.